The highest BCUT2D eigenvalue weighted by Crippen LogP contribution is 2.38. The Balaban J connectivity index is 1.76. The number of nitroso groups, excluding NO2 is 1. The largest absolute Gasteiger partial charge is 0.465 e. The maximum atomic E-state index is 14.6. The lowest BCUT2D eigenvalue weighted by Crippen LogP contribution is -2.09. The Morgan fingerprint density at radius 3 is 2.42 bits per heavy atom. The molecule has 182 valence electrons. The van der Waals surface area contributed by atoms with E-state index in [0.29, 0.717) is 12.0 Å². The molecule has 0 radical (unpaired) electrons. The second-order valence-electron chi connectivity index (χ2n) is 8.81. The molecule has 4 aromatic rings. The number of benzene rings is 3. The fourth-order valence-electron chi connectivity index (χ4n) is 4.56. The Bertz CT molecular complexity index is 1400. The van der Waals surface area contributed by atoms with E-state index in [4.69, 9.17) is 0 Å². The number of carbonyl (C=O) groups is 1. The smallest absolute Gasteiger partial charge is 0.340 e. The van der Waals surface area contributed by atoms with Gasteiger partial charge >= 0.3 is 5.97 Å². The zero-order chi connectivity index (χ0) is 25.7. The van der Waals surface area contributed by atoms with Crippen molar-refractivity contribution in [1.29, 1.82) is 0 Å². The molecule has 1 aromatic heterocycles. The highest BCUT2D eigenvalue weighted by molar-refractivity contribution is 5.90. The van der Waals surface area contributed by atoms with Crippen LogP contribution in [-0.4, -0.2) is 18.1 Å². The molecule has 0 saturated carbocycles. The topological polar surface area (TPSA) is 68.6 Å². The molecule has 1 heterocycles. The molecule has 6 heteroatoms. The van der Waals surface area contributed by atoms with Crippen LogP contribution >= 0.6 is 0 Å². The average Bonchev–Trinajstić information content (AvgIpc) is 2.89. The molecule has 0 spiro atoms. The molecule has 4 rings (SSSR count). The summed E-state index contributed by atoms with van der Waals surface area (Å²) in [5.41, 5.74) is 6.18. The van der Waals surface area contributed by atoms with Crippen molar-refractivity contribution in [3.63, 3.8) is 0 Å². The van der Waals surface area contributed by atoms with Gasteiger partial charge in [-0.25, -0.2) is 9.18 Å². The van der Waals surface area contributed by atoms with Crippen molar-refractivity contribution in [2.75, 3.05) is 7.11 Å². The van der Waals surface area contributed by atoms with Gasteiger partial charge < -0.3 is 4.74 Å². The van der Waals surface area contributed by atoms with Gasteiger partial charge in [-0.15, -0.1) is 0 Å². The summed E-state index contributed by atoms with van der Waals surface area (Å²) in [7, 11) is 1.22. The van der Waals surface area contributed by atoms with Gasteiger partial charge in [0.05, 0.1) is 12.7 Å². The van der Waals surface area contributed by atoms with Crippen LogP contribution in [0.5, 0.6) is 0 Å². The standard InChI is InChI=1S/C30H27FN2O3/c1-19-7-4-5-10-25(19)27(18-29(33-35)24-13-14-32-20(2)15-24)23-9-6-8-21(16-23)22-11-12-26(28(31)17-22)30(34)36-3/h4-17,27,29H,18H2,1-3H3. The molecule has 0 amide bonds. The van der Waals surface area contributed by atoms with Gasteiger partial charge in [0.1, 0.15) is 11.9 Å². The number of pyridine rings is 1. The van der Waals surface area contributed by atoms with Crippen LogP contribution in [0.4, 0.5) is 4.39 Å². The van der Waals surface area contributed by atoms with E-state index in [9.17, 15) is 14.1 Å². The number of aryl methyl sites for hydroxylation is 2. The molecule has 0 aliphatic carbocycles. The Morgan fingerprint density at radius 2 is 1.72 bits per heavy atom. The number of esters is 1. The fraction of sp³-hybridized carbons (Fsp3) is 0.200. The van der Waals surface area contributed by atoms with Crippen molar-refractivity contribution in [3.05, 3.63) is 129 Å². The summed E-state index contributed by atoms with van der Waals surface area (Å²) >= 11 is 0. The summed E-state index contributed by atoms with van der Waals surface area (Å²) in [5, 5.41) is 3.48. The van der Waals surface area contributed by atoms with E-state index in [0.717, 1.165) is 33.5 Å². The second kappa shape index (κ2) is 11.0. The molecule has 2 atom stereocenters. The van der Waals surface area contributed by atoms with Gasteiger partial charge in [0.25, 0.3) is 0 Å². The third-order valence-electron chi connectivity index (χ3n) is 6.45. The number of carbonyl (C=O) groups excluding carboxylic acids is 1. The van der Waals surface area contributed by atoms with Crippen molar-refractivity contribution >= 4 is 5.97 Å². The summed E-state index contributed by atoms with van der Waals surface area (Å²) in [5.74, 6) is -1.48. The van der Waals surface area contributed by atoms with E-state index in [1.807, 2.05) is 68.4 Å². The maximum absolute atomic E-state index is 14.6. The Labute approximate surface area is 210 Å². The summed E-state index contributed by atoms with van der Waals surface area (Å²) in [6.07, 6.45) is 2.16. The van der Waals surface area contributed by atoms with E-state index in [1.54, 1.807) is 12.3 Å². The van der Waals surface area contributed by atoms with Crippen molar-refractivity contribution in [1.82, 2.24) is 4.98 Å². The predicted molar refractivity (Wildman–Crippen MR) is 138 cm³/mol. The summed E-state index contributed by atoms with van der Waals surface area (Å²) < 4.78 is 19.3. The molecule has 0 aliphatic heterocycles. The van der Waals surface area contributed by atoms with Crippen LogP contribution in [-0.2, 0) is 4.74 Å². The van der Waals surface area contributed by atoms with Gasteiger partial charge in [-0.1, -0.05) is 59.8 Å². The normalized spacial score (nSPS) is 12.6. The molecule has 36 heavy (non-hydrogen) atoms. The van der Waals surface area contributed by atoms with Crippen LogP contribution in [0.15, 0.2) is 90.2 Å². The number of hydrogen-bond acceptors (Lipinski definition) is 5. The Hall–Kier alpha value is -4.19. The monoisotopic (exact) mass is 482 g/mol. The van der Waals surface area contributed by atoms with E-state index in [-0.39, 0.29) is 11.5 Å². The number of halogens is 1. The Morgan fingerprint density at radius 1 is 0.944 bits per heavy atom. The minimum atomic E-state index is -0.717. The number of ether oxygens (including phenoxy) is 1. The first-order valence-electron chi connectivity index (χ1n) is 11.7. The highest BCUT2D eigenvalue weighted by Gasteiger charge is 2.24. The molecular formula is C30H27FN2O3. The van der Waals surface area contributed by atoms with Crippen LogP contribution in [0.2, 0.25) is 0 Å². The first kappa shape index (κ1) is 24.9. The molecule has 0 N–H and O–H groups in total. The fourth-order valence-corrected chi connectivity index (χ4v) is 4.56. The minimum Gasteiger partial charge on any atom is -0.465 e. The van der Waals surface area contributed by atoms with Crippen LogP contribution in [0.1, 0.15) is 56.7 Å². The van der Waals surface area contributed by atoms with Gasteiger partial charge in [0.15, 0.2) is 0 Å². The molecular weight excluding hydrogens is 455 g/mol. The minimum absolute atomic E-state index is 0.109. The average molecular weight is 483 g/mol. The van der Waals surface area contributed by atoms with Crippen LogP contribution in [0, 0.1) is 24.6 Å². The molecule has 0 bridgehead atoms. The number of nitrogens with zero attached hydrogens (tertiary/aromatic N) is 2. The number of aromatic nitrogens is 1. The molecule has 3 aromatic carbocycles. The highest BCUT2D eigenvalue weighted by atomic mass is 19.1. The Kier molecular flexibility index (Phi) is 7.64. The van der Waals surface area contributed by atoms with E-state index in [2.05, 4.69) is 21.0 Å². The van der Waals surface area contributed by atoms with Gasteiger partial charge in [-0.3, -0.25) is 4.98 Å². The predicted octanol–water partition coefficient (Wildman–Crippen LogP) is 7.32. The zero-order valence-electron chi connectivity index (χ0n) is 20.4. The summed E-state index contributed by atoms with van der Waals surface area (Å²) in [6.45, 7) is 3.94. The number of hydrogen-bond donors (Lipinski definition) is 0. The molecule has 0 saturated heterocycles. The van der Waals surface area contributed by atoms with E-state index < -0.39 is 17.8 Å². The van der Waals surface area contributed by atoms with Crippen molar-refractivity contribution in [3.8, 4) is 11.1 Å². The third-order valence-corrected chi connectivity index (χ3v) is 6.45. The third kappa shape index (κ3) is 5.38. The first-order valence-corrected chi connectivity index (χ1v) is 11.7. The van der Waals surface area contributed by atoms with Crippen molar-refractivity contribution in [2.45, 2.75) is 32.2 Å². The SMILES string of the molecule is COC(=O)c1ccc(-c2cccc(C(CC(N=O)c3ccnc(C)c3)c3ccccc3C)c2)cc1F. The maximum Gasteiger partial charge on any atom is 0.340 e. The first-order chi connectivity index (χ1) is 17.4. The lowest BCUT2D eigenvalue weighted by molar-refractivity contribution is 0.0595. The molecule has 0 aliphatic rings. The number of methoxy groups -OCH3 is 1. The van der Waals surface area contributed by atoms with E-state index >= 15 is 0 Å². The van der Waals surface area contributed by atoms with Gasteiger partial charge in [0.2, 0.25) is 0 Å². The molecule has 0 fully saturated rings. The van der Waals surface area contributed by atoms with E-state index in [1.165, 1.54) is 19.2 Å². The van der Waals surface area contributed by atoms with Crippen molar-refractivity contribution < 1.29 is 13.9 Å². The molecule has 5 nitrogen and oxygen atoms in total. The van der Waals surface area contributed by atoms with Crippen LogP contribution in [0.3, 0.4) is 0 Å². The summed E-state index contributed by atoms with van der Waals surface area (Å²) in [4.78, 5) is 28.0. The van der Waals surface area contributed by atoms with Crippen LogP contribution in [0.25, 0.3) is 11.1 Å². The lowest BCUT2D eigenvalue weighted by Gasteiger charge is -2.23. The van der Waals surface area contributed by atoms with Gasteiger partial charge in [-0.05, 0) is 77.9 Å². The number of rotatable bonds is 8. The zero-order valence-corrected chi connectivity index (χ0v) is 20.4. The lowest BCUT2D eigenvalue weighted by atomic mass is 9.82. The van der Waals surface area contributed by atoms with Gasteiger partial charge in [0, 0.05) is 17.8 Å². The van der Waals surface area contributed by atoms with Gasteiger partial charge in [-0.2, -0.15) is 4.91 Å². The summed E-state index contributed by atoms with van der Waals surface area (Å²) in [6, 6.07) is 23.5. The quantitative estimate of drug-likeness (QED) is 0.195. The second-order valence-corrected chi connectivity index (χ2v) is 8.81. The molecule has 2 unspecified atom stereocenters. The van der Waals surface area contributed by atoms with Crippen LogP contribution < -0.4 is 0 Å². The van der Waals surface area contributed by atoms with Crippen molar-refractivity contribution in [2.24, 2.45) is 5.18 Å².